The number of nitrogens with one attached hydrogen (secondary N) is 2. The summed E-state index contributed by atoms with van der Waals surface area (Å²) in [6.07, 6.45) is 3.81. The second kappa shape index (κ2) is 9.03. The van der Waals surface area contributed by atoms with Crippen LogP contribution in [-0.2, 0) is 11.3 Å². The second-order valence-corrected chi connectivity index (χ2v) is 7.05. The van der Waals surface area contributed by atoms with Crippen LogP contribution in [0.2, 0.25) is 0 Å². The SMILES string of the molecule is CN=C(NCC(C)Cn1cccn1)NCC(C)(C)N1CCOCC1. The molecule has 2 N–H and O–H groups in total. The Morgan fingerprint density at radius 2 is 2.08 bits per heavy atom. The normalized spacial score (nSPS) is 18.4. The molecule has 2 rings (SSSR count). The molecule has 7 heteroatoms. The smallest absolute Gasteiger partial charge is 0.191 e. The van der Waals surface area contributed by atoms with Crippen molar-refractivity contribution in [2.24, 2.45) is 10.9 Å². The highest BCUT2D eigenvalue weighted by Gasteiger charge is 2.28. The molecule has 7 nitrogen and oxygen atoms in total. The highest BCUT2D eigenvalue weighted by molar-refractivity contribution is 5.79. The van der Waals surface area contributed by atoms with Gasteiger partial charge in [-0.15, -0.1) is 0 Å². The molecule has 136 valence electrons. The number of ether oxygens (including phenoxy) is 1. The third-order valence-electron chi connectivity index (χ3n) is 4.46. The van der Waals surface area contributed by atoms with Gasteiger partial charge < -0.3 is 15.4 Å². The first-order valence-electron chi connectivity index (χ1n) is 8.76. The fourth-order valence-electron chi connectivity index (χ4n) is 2.86. The molecule has 1 unspecified atom stereocenters. The van der Waals surface area contributed by atoms with E-state index in [0.29, 0.717) is 5.92 Å². The summed E-state index contributed by atoms with van der Waals surface area (Å²) in [6, 6.07) is 1.95. The second-order valence-electron chi connectivity index (χ2n) is 7.05. The van der Waals surface area contributed by atoms with Gasteiger partial charge in [0, 0.05) is 57.7 Å². The number of nitrogens with zero attached hydrogens (tertiary/aromatic N) is 4. The zero-order valence-electron chi connectivity index (χ0n) is 15.5. The predicted molar refractivity (Wildman–Crippen MR) is 97.2 cm³/mol. The van der Waals surface area contributed by atoms with E-state index in [0.717, 1.165) is 51.9 Å². The van der Waals surface area contributed by atoms with Gasteiger partial charge in [-0.3, -0.25) is 14.6 Å². The van der Waals surface area contributed by atoms with Crippen molar-refractivity contribution < 1.29 is 4.74 Å². The van der Waals surface area contributed by atoms with E-state index >= 15 is 0 Å². The van der Waals surface area contributed by atoms with Crippen molar-refractivity contribution in [1.82, 2.24) is 25.3 Å². The molecule has 1 atom stereocenters. The molecule has 2 heterocycles. The minimum Gasteiger partial charge on any atom is -0.379 e. The lowest BCUT2D eigenvalue weighted by molar-refractivity contribution is -0.00834. The highest BCUT2D eigenvalue weighted by Crippen LogP contribution is 2.14. The summed E-state index contributed by atoms with van der Waals surface area (Å²) < 4.78 is 7.41. The van der Waals surface area contributed by atoms with E-state index in [4.69, 9.17) is 4.74 Å². The van der Waals surface area contributed by atoms with Crippen LogP contribution < -0.4 is 10.6 Å². The molecule has 0 aromatic carbocycles. The van der Waals surface area contributed by atoms with Gasteiger partial charge in [0.25, 0.3) is 0 Å². The summed E-state index contributed by atoms with van der Waals surface area (Å²) in [5.74, 6) is 1.32. The maximum absolute atomic E-state index is 5.44. The largest absolute Gasteiger partial charge is 0.379 e. The fourth-order valence-corrected chi connectivity index (χ4v) is 2.86. The lowest BCUT2D eigenvalue weighted by Gasteiger charge is -2.41. The van der Waals surface area contributed by atoms with Gasteiger partial charge in [0.2, 0.25) is 0 Å². The van der Waals surface area contributed by atoms with E-state index in [1.54, 1.807) is 0 Å². The molecule has 0 bridgehead atoms. The van der Waals surface area contributed by atoms with Crippen LogP contribution in [0.3, 0.4) is 0 Å². The summed E-state index contributed by atoms with van der Waals surface area (Å²) in [7, 11) is 1.81. The van der Waals surface area contributed by atoms with Crippen molar-refractivity contribution in [3.63, 3.8) is 0 Å². The molecule has 1 aromatic heterocycles. The molecule has 0 radical (unpaired) electrons. The van der Waals surface area contributed by atoms with Crippen molar-refractivity contribution in [1.29, 1.82) is 0 Å². The van der Waals surface area contributed by atoms with Gasteiger partial charge in [0.05, 0.1) is 13.2 Å². The molecule has 0 amide bonds. The van der Waals surface area contributed by atoms with E-state index in [9.17, 15) is 0 Å². The average molecular weight is 336 g/mol. The van der Waals surface area contributed by atoms with Gasteiger partial charge in [0.1, 0.15) is 0 Å². The number of aliphatic imine (C=N–C) groups is 1. The molecule has 0 spiro atoms. The Morgan fingerprint density at radius 3 is 2.71 bits per heavy atom. The van der Waals surface area contributed by atoms with E-state index in [1.165, 1.54) is 0 Å². The Morgan fingerprint density at radius 1 is 1.33 bits per heavy atom. The van der Waals surface area contributed by atoms with Crippen molar-refractivity contribution in [2.45, 2.75) is 32.9 Å². The van der Waals surface area contributed by atoms with Crippen LogP contribution in [-0.4, -0.2) is 72.6 Å². The van der Waals surface area contributed by atoms with Gasteiger partial charge in [-0.1, -0.05) is 6.92 Å². The molecule has 0 saturated carbocycles. The van der Waals surface area contributed by atoms with E-state index in [2.05, 4.69) is 46.4 Å². The third kappa shape index (κ3) is 5.79. The van der Waals surface area contributed by atoms with E-state index in [-0.39, 0.29) is 5.54 Å². The molecule has 0 aliphatic carbocycles. The third-order valence-corrected chi connectivity index (χ3v) is 4.46. The quantitative estimate of drug-likeness (QED) is 0.569. The first-order valence-corrected chi connectivity index (χ1v) is 8.76. The van der Waals surface area contributed by atoms with Gasteiger partial charge >= 0.3 is 0 Å². The number of guanidine groups is 1. The average Bonchev–Trinajstić information content (AvgIpc) is 3.08. The summed E-state index contributed by atoms with van der Waals surface area (Å²) in [6.45, 7) is 13.0. The summed E-state index contributed by atoms with van der Waals surface area (Å²) in [4.78, 5) is 6.80. The van der Waals surface area contributed by atoms with Crippen molar-refractivity contribution >= 4 is 5.96 Å². The molecule has 1 aromatic rings. The van der Waals surface area contributed by atoms with E-state index < -0.39 is 0 Å². The van der Waals surface area contributed by atoms with Crippen LogP contribution in [0.15, 0.2) is 23.5 Å². The number of hydrogen-bond acceptors (Lipinski definition) is 4. The Hall–Kier alpha value is -1.60. The Kier molecular flexibility index (Phi) is 7.05. The van der Waals surface area contributed by atoms with Crippen molar-refractivity contribution in [3.8, 4) is 0 Å². The zero-order valence-corrected chi connectivity index (χ0v) is 15.5. The summed E-state index contributed by atoms with van der Waals surface area (Å²) >= 11 is 0. The first kappa shape index (κ1) is 18.7. The number of hydrogen-bond donors (Lipinski definition) is 2. The molecule has 1 aliphatic rings. The topological polar surface area (TPSA) is 66.7 Å². The summed E-state index contributed by atoms with van der Waals surface area (Å²) in [5, 5.41) is 11.1. The van der Waals surface area contributed by atoms with Gasteiger partial charge in [-0.2, -0.15) is 5.10 Å². The lowest BCUT2D eigenvalue weighted by Crippen LogP contribution is -2.56. The maximum Gasteiger partial charge on any atom is 0.191 e. The van der Waals surface area contributed by atoms with Crippen LogP contribution >= 0.6 is 0 Å². The van der Waals surface area contributed by atoms with Gasteiger partial charge in [-0.05, 0) is 25.8 Å². The highest BCUT2D eigenvalue weighted by atomic mass is 16.5. The molecule has 1 aliphatic heterocycles. The number of aromatic nitrogens is 2. The van der Waals surface area contributed by atoms with Gasteiger partial charge in [-0.25, -0.2) is 0 Å². The lowest BCUT2D eigenvalue weighted by atomic mass is 10.0. The van der Waals surface area contributed by atoms with E-state index in [1.807, 2.05) is 30.2 Å². The fraction of sp³-hybridized carbons (Fsp3) is 0.765. The minimum atomic E-state index is 0.0715. The Balaban J connectivity index is 1.73. The van der Waals surface area contributed by atoms with Crippen LogP contribution in [0, 0.1) is 5.92 Å². The van der Waals surface area contributed by atoms with Crippen molar-refractivity contribution in [3.05, 3.63) is 18.5 Å². The van der Waals surface area contributed by atoms with Crippen LogP contribution in [0.1, 0.15) is 20.8 Å². The maximum atomic E-state index is 5.44. The van der Waals surface area contributed by atoms with Crippen LogP contribution in [0.4, 0.5) is 0 Å². The molecular formula is C17H32N6O. The van der Waals surface area contributed by atoms with Gasteiger partial charge in [0.15, 0.2) is 5.96 Å². The molecule has 1 saturated heterocycles. The number of rotatable bonds is 7. The van der Waals surface area contributed by atoms with Crippen molar-refractivity contribution in [2.75, 3.05) is 46.4 Å². The monoisotopic (exact) mass is 336 g/mol. The molecular weight excluding hydrogens is 304 g/mol. The summed E-state index contributed by atoms with van der Waals surface area (Å²) in [5.41, 5.74) is 0.0715. The Bertz CT molecular complexity index is 493. The minimum absolute atomic E-state index is 0.0715. The Labute approximate surface area is 145 Å². The molecule has 1 fully saturated rings. The standard InChI is InChI=1S/C17H32N6O/c1-15(13-23-7-5-6-21-23)12-19-16(18-4)20-14-17(2,3)22-8-10-24-11-9-22/h5-7,15H,8-14H2,1-4H3,(H2,18,19,20). The van der Waals surface area contributed by atoms with Crippen LogP contribution in [0.25, 0.3) is 0 Å². The van der Waals surface area contributed by atoms with Crippen LogP contribution in [0.5, 0.6) is 0 Å². The molecule has 24 heavy (non-hydrogen) atoms. The predicted octanol–water partition coefficient (Wildman–Crippen LogP) is 0.795. The number of morpholine rings is 1. The zero-order chi connectivity index (χ0) is 17.4. The first-order chi connectivity index (χ1) is 11.5.